The Kier molecular flexibility index (Phi) is 11.3. The van der Waals surface area contributed by atoms with Crippen molar-refractivity contribution in [2.24, 2.45) is 11.8 Å². The number of benzene rings is 5. The Morgan fingerprint density at radius 1 is 0.746 bits per heavy atom. The van der Waals surface area contributed by atoms with Crippen LogP contribution in [0.2, 0.25) is 0 Å². The Bertz CT molecular complexity index is 2750. The highest BCUT2D eigenvalue weighted by molar-refractivity contribution is 6.11. The first-order valence-corrected chi connectivity index (χ1v) is 22.1. The molecule has 3 amide bonds. The van der Waals surface area contributed by atoms with Gasteiger partial charge in [-0.15, -0.1) is 0 Å². The molecule has 1 spiro atoms. The molecule has 0 saturated carbocycles. The fraction of sp³-hybridized carbons (Fsp3) is 0.269. The second kappa shape index (κ2) is 17.5. The lowest BCUT2D eigenvalue weighted by Crippen LogP contribution is -2.56. The van der Waals surface area contributed by atoms with E-state index in [2.05, 4.69) is 17.2 Å². The molecule has 3 N–H and O–H groups in total. The molecule has 0 bridgehead atoms. The number of phenols is 1. The van der Waals surface area contributed by atoms with Gasteiger partial charge in [0.25, 0.3) is 0 Å². The number of nitrogens with one attached hydrogen (secondary N) is 2. The van der Waals surface area contributed by atoms with E-state index in [1.54, 1.807) is 60.7 Å². The summed E-state index contributed by atoms with van der Waals surface area (Å²) < 4.78 is 24.0. The summed E-state index contributed by atoms with van der Waals surface area (Å²) in [4.78, 5) is 87.4. The summed E-state index contributed by atoms with van der Waals surface area (Å²) >= 11 is 0. The zero-order valence-electron chi connectivity index (χ0n) is 36.1. The molecule has 0 aliphatic carbocycles. The lowest BCUT2D eigenvalue weighted by atomic mass is 9.65. The SMILES string of the molecule is C=CCOC(=O)[C@@H]1[C@H]2C(=O)O[C@H](c3ccccc3)[C@H](c3ccccc3)N2[C@H](c2ccc(OCCOC(=O)[C@@H]3C[C@@H]4C(=O)NCC(=O)N4[C@@H]3c3ccc(O)cc3)cc2)[C@@]12C(=O)Nc1ccccc12. The van der Waals surface area contributed by atoms with Crippen molar-refractivity contribution in [2.75, 3.05) is 31.7 Å². The minimum Gasteiger partial charge on any atom is -0.508 e. The minimum atomic E-state index is -1.69. The molecule has 5 aromatic carbocycles. The number of ether oxygens (including phenoxy) is 4. The molecule has 5 aliphatic heterocycles. The first-order chi connectivity index (χ1) is 32.6. The zero-order chi connectivity index (χ0) is 46.4. The molecule has 4 fully saturated rings. The average Bonchev–Trinajstić information content (AvgIpc) is 4.01. The van der Waals surface area contributed by atoms with Crippen molar-refractivity contribution in [3.8, 4) is 11.5 Å². The van der Waals surface area contributed by atoms with Crippen LogP contribution in [0.3, 0.4) is 0 Å². The monoisotopic (exact) mass is 902 g/mol. The fourth-order valence-corrected chi connectivity index (χ4v) is 11.0. The summed E-state index contributed by atoms with van der Waals surface area (Å²) in [5.41, 5.74) is 2.08. The second-order valence-electron chi connectivity index (χ2n) is 17.2. The van der Waals surface area contributed by atoms with Gasteiger partial charge in [-0.25, -0.2) is 0 Å². The quantitative estimate of drug-likeness (QED) is 0.0627. The number of anilines is 1. The minimum absolute atomic E-state index is 0.0176. The Morgan fingerprint density at radius 2 is 1.40 bits per heavy atom. The van der Waals surface area contributed by atoms with Crippen molar-refractivity contribution in [3.05, 3.63) is 174 Å². The van der Waals surface area contributed by atoms with Gasteiger partial charge in [-0.1, -0.05) is 116 Å². The molecule has 67 heavy (non-hydrogen) atoms. The molecular weight excluding hydrogens is 857 g/mol. The van der Waals surface area contributed by atoms with E-state index in [0.717, 1.165) is 11.1 Å². The molecule has 0 unspecified atom stereocenters. The van der Waals surface area contributed by atoms with E-state index >= 15 is 4.79 Å². The lowest BCUT2D eigenvalue weighted by Gasteiger charge is -2.46. The number of fused-ring (bicyclic) bond motifs is 4. The standard InChI is InChI=1S/C52H46N4O11/c1-2-25-65-49(61)41-44-50(62)67-45(32-13-7-4-8-14-32)43(30-11-5-3-6-12-30)56(44)46(52(41)37-15-9-10-16-38(37)54-51(52)63)33-19-23-35(24-20-33)64-26-27-66-48(60)36-28-39-47(59)53-29-40(58)55(39)42(36)31-17-21-34(57)22-18-31/h2-24,36,39,41-46,57H,1,25-29H2,(H,53,59)(H,54,63)/t36-,39-,41+,42-,43+,44+,45-,46-,52+/m1/s1. The number of carbonyl (C=O) groups excluding carboxylic acids is 6. The van der Waals surface area contributed by atoms with Crippen LogP contribution in [0.4, 0.5) is 5.69 Å². The maximum atomic E-state index is 15.1. The molecule has 340 valence electrons. The van der Waals surface area contributed by atoms with Crippen LogP contribution in [0.25, 0.3) is 0 Å². The zero-order valence-corrected chi connectivity index (χ0v) is 36.1. The number of cyclic esters (lactones) is 1. The van der Waals surface area contributed by atoms with Crippen LogP contribution < -0.4 is 15.4 Å². The van der Waals surface area contributed by atoms with Crippen molar-refractivity contribution in [3.63, 3.8) is 0 Å². The number of rotatable bonds is 12. The highest BCUT2D eigenvalue weighted by Gasteiger charge is 2.74. The van der Waals surface area contributed by atoms with Crippen LogP contribution in [0.15, 0.2) is 146 Å². The first kappa shape index (κ1) is 43.1. The van der Waals surface area contributed by atoms with Gasteiger partial charge < -0.3 is 39.6 Å². The topological polar surface area (TPSA) is 190 Å². The van der Waals surface area contributed by atoms with E-state index in [1.807, 2.05) is 65.6 Å². The summed E-state index contributed by atoms with van der Waals surface area (Å²) in [5.74, 6) is -4.96. The highest BCUT2D eigenvalue weighted by Crippen LogP contribution is 2.65. The summed E-state index contributed by atoms with van der Waals surface area (Å²) in [6, 6.07) is 34.8. The Labute approximate surface area is 385 Å². The maximum Gasteiger partial charge on any atom is 0.325 e. The number of carbonyl (C=O) groups is 6. The molecule has 5 heterocycles. The van der Waals surface area contributed by atoms with Gasteiger partial charge >= 0.3 is 17.9 Å². The summed E-state index contributed by atoms with van der Waals surface area (Å²) in [5, 5.41) is 15.5. The average molecular weight is 903 g/mol. The molecule has 0 radical (unpaired) electrons. The molecule has 15 nitrogen and oxygen atoms in total. The van der Waals surface area contributed by atoms with Crippen LogP contribution >= 0.6 is 0 Å². The lowest BCUT2D eigenvalue weighted by molar-refractivity contribution is -0.180. The van der Waals surface area contributed by atoms with Crippen LogP contribution in [-0.4, -0.2) is 89.0 Å². The van der Waals surface area contributed by atoms with E-state index in [4.69, 9.17) is 18.9 Å². The van der Waals surface area contributed by atoms with Gasteiger partial charge in [-0.3, -0.25) is 33.7 Å². The number of hydrogen-bond acceptors (Lipinski definition) is 12. The van der Waals surface area contributed by atoms with Crippen molar-refractivity contribution >= 4 is 41.3 Å². The van der Waals surface area contributed by atoms with E-state index in [1.165, 1.54) is 23.1 Å². The number of amides is 3. The van der Waals surface area contributed by atoms with Gasteiger partial charge in [-0.05, 0) is 64.6 Å². The Balaban J connectivity index is 0.972. The van der Waals surface area contributed by atoms with Gasteiger partial charge in [0.1, 0.15) is 60.8 Å². The Hall–Kier alpha value is -7.78. The second-order valence-corrected chi connectivity index (χ2v) is 17.2. The third kappa shape index (κ3) is 7.26. The molecular formula is C52H46N4O11. The van der Waals surface area contributed by atoms with Gasteiger partial charge in [-0.2, -0.15) is 0 Å². The number of aromatic hydroxyl groups is 1. The molecule has 5 aromatic rings. The number of nitrogens with zero attached hydrogens (tertiary/aromatic N) is 2. The van der Waals surface area contributed by atoms with Crippen LogP contribution in [0.1, 0.15) is 58.5 Å². The smallest absolute Gasteiger partial charge is 0.325 e. The van der Waals surface area contributed by atoms with Gasteiger partial charge in [0.2, 0.25) is 17.7 Å². The number of piperazine rings is 1. The number of esters is 3. The van der Waals surface area contributed by atoms with Crippen LogP contribution in [0.5, 0.6) is 11.5 Å². The van der Waals surface area contributed by atoms with Crippen molar-refractivity contribution in [2.45, 2.75) is 48.1 Å². The molecule has 5 aliphatic rings. The molecule has 10 rings (SSSR count). The van der Waals surface area contributed by atoms with E-state index in [0.29, 0.717) is 28.1 Å². The third-order valence-electron chi connectivity index (χ3n) is 13.6. The first-order valence-electron chi connectivity index (χ1n) is 22.1. The number of hydrogen-bond donors (Lipinski definition) is 3. The summed E-state index contributed by atoms with van der Waals surface area (Å²) in [7, 11) is 0. The molecule has 9 atom stereocenters. The normalized spacial score (nSPS) is 27.3. The van der Waals surface area contributed by atoms with Crippen molar-refractivity contribution in [1.82, 2.24) is 15.1 Å². The predicted octanol–water partition coefficient (Wildman–Crippen LogP) is 5.40. The largest absolute Gasteiger partial charge is 0.508 e. The van der Waals surface area contributed by atoms with Crippen molar-refractivity contribution in [1.29, 1.82) is 0 Å². The fourth-order valence-electron chi connectivity index (χ4n) is 11.0. The molecule has 0 aromatic heterocycles. The molecule has 4 saturated heterocycles. The van der Waals surface area contributed by atoms with Gasteiger partial charge in [0.15, 0.2) is 0 Å². The van der Waals surface area contributed by atoms with Crippen LogP contribution in [0, 0.1) is 11.8 Å². The Morgan fingerprint density at radius 3 is 2.12 bits per heavy atom. The summed E-state index contributed by atoms with van der Waals surface area (Å²) in [6.07, 6.45) is 0.665. The maximum absolute atomic E-state index is 15.1. The van der Waals surface area contributed by atoms with E-state index in [9.17, 15) is 29.1 Å². The number of morpholine rings is 1. The predicted molar refractivity (Wildman–Crippen MR) is 240 cm³/mol. The van der Waals surface area contributed by atoms with Gasteiger partial charge in [0.05, 0.1) is 30.6 Å². The van der Waals surface area contributed by atoms with Gasteiger partial charge in [0, 0.05) is 5.69 Å². The highest BCUT2D eigenvalue weighted by atomic mass is 16.6. The van der Waals surface area contributed by atoms with E-state index < -0.39 is 77.4 Å². The number of phenolic OH excluding ortho intramolecular Hbond substituents is 1. The van der Waals surface area contributed by atoms with E-state index in [-0.39, 0.29) is 50.4 Å². The molecule has 15 heteroatoms. The summed E-state index contributed by atoms with van der Waals surface area (Å²) in [6.45, 7) is 3.19. The van der Waals surface area contributed by atoms with Crippen LogP contribution in [-0.2, 0) is 48.4 Å². The third-order valence-corrected chi connectivity index (χ3v) is 13.6. The van der Waals surface area contributed by atoms with Crippen molar-refractivity contribution < 1.29 is 52.8 Å². The number of para-hydroxylation sites is 1.